The van der Waals surface area contributed by atoms with Crippen molar-refractivity contribution in [1.82, 2.24) is 15.3 Å². The smallest absolute Gasteiger partial charge is 0.240 e. The summed E-state index contributed by atoms with van der Waals surface area (Å²) < 4.78 is 10.2. The quantitative estimate of drug-likeness (QED) is 0.719. The van der Waals surface area contributed by atoms with Crippen molar-refractivity contribution >= 4 is 11.0 Å². The van der Waals surface area contributed by atoms with Crippen LogP contribution in [-0.4, -0.2) is 15.3 Å². The van der Waals surface area contributed by atoms with Crippen molar-refractivity contribution in [2.45, 2.75) is 13.5 Å². The summed E-state index contributed by atoms with van der Waals surface area (Å²) in [4.78, 5) is 4.17. The van der Waals surface area contributed by atoms with Crippen LogP contribution >= 0.6 is 0 Å². The van der Waals surface area contributed by atoms with Gasteiger partial charge in [-0.2, -0.15) is 4.98 Å². The Morgan fingerprint density at radius 2 is 2.12 bits per heavy atom. The fourth-order valence-electron chi connectivity index (χ4n) is 1.71. The second-order valence-corrected chi connectivity index (χ2v) is 3.67. The standard InChI is InChI=1S/C11H10N4O2/c1-6-7-3-2-4-8(10(7)17-14-6)11-13-9(5-12)16-15-11/h2-4H,5,12H2,1H3. The molecule has 2 N–H and O–H groups in total. The van der Waals surface area contributed by atoms with Gasteiger partial charge in [-0.1, -0.05) is 16.4 Å². The van der Waals surface area contributed by atoms with Crippen molar-refractivity contribution in [2.75, 3.05) is 0 Å². The van der Waals surface area contributed by atoms with Gasteiger partial charge in [0.2, 0.25) is 11.7 Å². The molecule has 1 aromatic carbocycles. The highest BCUT2D eigenvalue weighted by Crippen LogP contribution is 2.28. The van der Waals surface area contributed by atoms with E-state index in [4.69, 9.17) is 14.8 Å². The molecule has 86 valence electrons. The first-order valence-corrected chi connectivity index (χ1v) is 5.17. The van der Waals surface area contributed by atoms with E-state index in [-0.39, 0.29) is 6.54 Å². The molecule has 2 heterocycles. The molecule has 0 radical (unpaired) electrons. The number of aryl methyl sites for hydroxylation is 1. The third kappa shape index (κ3) is 1.50. The molecule has 3 rings (SSSR count). The molecule has 0 bridgehead atoms. The molecule has 0 fully saturated rings. The number of aromatic nitrogens is 3. The van der Waals surface area contributed by atoms with Gasteiger partial charge >= 0.3 is 0 Å². The maximum atomic E-state index is 5.43. The molecule has 0 spiro atoms. The Bertz CT molecular complexity index is 671. The fourth-order valence-corrected chi connectivity index (χ4v) is 1.71. The summed E-state index contributed by atoms with van der Waals surface area (Å²) >= 11 is 0. The first-order valence-electron chi connectivity index (χ1n) is 5.17. The van der Waals surface area contributed by atoms with Crippen LogP contribution in [0.3, 0.4) is 0 Å². The van der Waals surface area contributed by atoms with Crippen LogP contribution in [0.15, 0.2) is 27.2 Å². The minimum Gasteiger partial charge on any atom is -0.355 e. The summed E-state index contributed by atoms with van der Waals surface area (Å²) in [7, 11) is 0. The molecule has 0 aliphatic heterocycles. The van der Waals surface area contributed by atoms with Crippen LogP contribution in [0.2, 0.25) is 0 Å². The van der Waals surface area contributed by atoms with E-state index < -0.39 is 0 Å². The summed E-state index contributed by atoms with van der Waals surface area (Å²) in [5.74, 6) is 0.862. The monoisotopic (exact) mass is 230 g/mol. The van der Waals surface area contributed by atoms with Gasteiger partial charge in [-0.05, 0) is 19.1 Å². The number of benzene rings is 1. The molecule has 0 amide bonds. The molecule has 0 aliphatic rings. The minimum absolute atomic E-state index is 0.221. The molecule has 0 unspecified atom stereocenters. The topological polar surface area (TPSA) is 91.0 Å². The predicted octanol–water partition coefficient (Wildman–Crippen LogP) is 1.64. The van der Waals surface area contributed by atoms with Gasteiger partial charge < -0.3 is 14.8 Å². The Hall–Kier alpha value is -2.21. The predicted molar refractivity (Wildman–Crippen MR) is 59.9 cm³/mol. The Labute approximate surface area is 96.4 Å². The van der Waals surface area contributed by atoms with Crippen LogP contribution in [-0.2, 0) is 6.54 Å². The van der Waals surface area contributed by atoms with E-state index in [1.807, 2.05) is 25.1 Å². The van der Waals surface area contributed by atoms with Crippen molar-refractivity contribution in [2.24, 2.45) is 5.73 Å². The SMILES string of the molecule is Cc1noc2c(-c3noc(CN)n3)cccc12. The number of nitrogens with two attached hydrogens (primary N) is 1. The molecule has 2 aromatic heterocycles. The normalized spacial score (nSPS) is 11.2. The summed E-state index contributed by atoms with van der Waals surface area (Å²) in [6, 6.07) is 5.70. The highest BCUT2D eigenvalue weighted by Gasteiger charge is 2.15. The first kappa shape index (κ1) is 9.98. The van der Waals surface area contributed by atoms with E-state index in [9.17, 15) is 0 Å². The lowest BCUT2D eigenvalue weighted by Gasteiger charge is -1.94. The molecule has 0 saturated heterocycles. The lowest BCUT2D eigenvalue weighted by Crippen LogP contribution is -1.95. The number of fused-ring (bicyclic) bond motifs is 1. The average molecular weight is 230 g/mol. The summed E-state index contributed by atoms with van der Waals surface area (Å²) in [5.41, 5.74) is 7.68. The van der Waals surface area contributed by atoms with Crippen LogP contribution in [0.25, 0.3) is 22.4 Å². The first-order chi connectivity index (χ1) is 8.29. The average Bonchev–Trinajstić information content (AvgIpc) is 2.96. The summed E-state index contributed by atoms with van der Waals surface area (Å²) in [6.45, 7) is 2.11. The molecule has 6 heteroatoms. The van der Waals surface area contributed by atoms with Crippen LogP contribution in [0.1, 0.15) is 11.6 Å². The molecule has 0 saturated carbocycles. The molecule has 17 heavy (non-hydrogen) atoms. The molecule has 6 nitrogen and oxygen atoms in total. The summed E-state index contributed by atoms with van der Waals surface area (Å²) in [6.07, 6.45) is 0. The van der Waals surface area contributed by atoms with Crippen LogP contribution < -0.4 is 5.73 Å². The van der Waals surface area contributed by atoms with E-state index in [2.05, 4.69) is 15.3 Å². The number of rotatable bonds is 2. The highest BCUT2D eigenvalue weighted by molar-refractivity contribution is 5.91. The van der Waals surface area contributed by atoms with Gasteiger partial charge in [0.05, 0.1) is 17.8 Å². The van der Waals surface area contributed by atoms with Crippen molar-refractivity contribution < 1.29 is 9.05 Å². The third-order valence-electron chi connectivity index (χ3n) is 2.56. The van der Waals surface area contributed by atoms with Gasteiger partial charge in [0.25, 0.3) is 0 Å². The van der Waals surface area contributed by atoms with Gasteiger partial charge in [0, 0.05) is 5.39 Å². The van der Waals surface area contributed by atoms with E-state index >= 15 is 0 Å². The number of hydrogen-bond donors (Lipinski definition) is 1. The van der Waals surface area contributed by atoms with Crippen molar-refractivity contribution in [3.05, 3.63) is 29.8 Å². The molecule has 0 atom stereocenters. The minimum atomic E-state index is 0.221. The number of nitrogens with zero attached hydrogens (tertiary/aromatic N) is 3. The lowest BCUT2D eigenvalue weighted by atomic mass is 10.1. The Morgan fingerprint density at radius 3 is 2.88 bits per heavy atom. The van der Waals surface area contributed by atoms with Gasteiger partial charge in [-0.15, -0.1) is 0 Å². The number of para-hydroxylation sites is 1. The van der Waals surface area contributed by atoms with Crippen LogP contribution in [0.4, 0.5) is 0 Å². The zero-order chi connectivity index (χ0) is 11.8. The zero-order valence-corrected chi connectivity index (χ0v) is 9.17. The van der Waals surface area contributed by atoms with Crippen molar-refractivity contribution in [3.63, 3.8) is 0 Å². The Morgan fingerprint density at radius 1 is 1.24 bits per heavy atom. The second kappa shape index (κ2) is 3.67. The van der Waals surface area contributed by atoms with E-state index in [1.165, 1.54) is 0 Å². The molecule has 0 aliphatic carbocycles. The van der Waals surface area contributed by atoms with Gasteiger partial charge in [0.1, 0.15) is 0 Å². The number of hydrogen-bond acceptors (Lipinski definition) is 6. The maximum Gasteiger partial charge on any atom is 0.240 e. The van der Waals surface area contributed by atoms with E-state index in [0.29, 0.717) is 17.3 Å². The maximum absolute atomic E-state index is 5.43. The van der Waals surface area contributed by atoms with Gasteiger partial charge in [0.15, 0.2) is 5.58 Å². The van der Waals surface area contributed by atoms with E-state index in [0.717, 1.165) is 16.6 Å². The molecular weight excluding hydrogens is 220 g/mol. The van der Waals surface area contributed by atoms with Gasteiger partial charge in [-0.25, -0.2) is 0 Å². The third-order valence-corrected chi connectivity index (χ3v) is 2.56. The van der Waals surface area contributed by atoms with Crippen LogP contribution in [0, 0.1) is 6.92 Å². The highest BCUT2D eigenvalue weighted by atomic mass is 16.5. The van der Waals surface area contributed by atoms with E-state index in [1.54, 1.807) is 0 Å². The van der Waals surface area contributed by atoms with Gasteiger partial charge in [-0.3, -0.25) is 0 Å². The molecular formula is C11H10N4O2. The molecule has 3 aromatic rings. The zero-order valence-electron chi connectivity index (χ0n) is 9.17. The largest absolute Gasteiger partial charge is 0.355 e. The van der Waals surface area contributed by atoms with Crippen LogP contribution in [0.5, 0.6) is 0 Å². The lowest BCUT2D eigenvalue weighted by molar-refractivity contribution is 0.380. The van der Waals surface area contributed by atoms with Crippen molar-refractivity contribution in [1.29, 1.82) is 0 Å². The Kier molecular flexibility index (Phi) is 2.15. The Balaban J connectivity index is 2.23. The fraction of sp³-hybridized carbons (Fsp3) is 0.182. The second-order valence-electron chi connectivity index (χ2n) is 3.67. The van der Waals surface area contributed by atoms with Crippen molar-refractivity contribution in [3.8, 4) is 11.4 Å². The summed E-state index contributed by atoms with van der Waals surface area (Å²) in [5, 5.41) is 8.73.